The molecule has 0 radical (unpaired) electrons. The fraction of sp³-hybridized carbons (Fsp3) is 0.500. The molecule has 0 bridgehead atoms. The summed E-state index contributed by atoms with van der Waals surface area (Å²) in [7, 11) is 2.05. The third-order valence-electron chi connectivity index (χ3n) is 6.31. The summed E-state index contributed by atoms with van der Waals surface area (Å²) in [5.41, 5.74) is -6.39. The molecule has 0 saturated carbocycles. The van der Waals surface area contributed by atoms with Crippen molar-refractivity contribution >= 4 is 21.7 Å². The van der Waals surface area contributed by atoms with Gasteiger partial charge in [0.15, 0.2) is 11.5 Å². The van der Waals surface area contributed by atoms with Crippen LogP contribution in [0.2, 0.25) is 0 Å². The summed E-state index contributed by atoms with van der Waals surface area (Å²) >= 11 is 0. The monoisotopic (exact) mass is 533 g/mol. The Bertz CT molecular complexity index is 1300. The lowest BCUT2D eigenvalue weighted by atomic mass is 9.88. The Labute approximate surface area is 209 Å². The quantitative estimate of drug-likeness (QED) is 0.158. The van der Waals surface area contributed by atoms with E-state index in [-0.39, 0.29) is 34.6 Å². The van der Waals surface area contributed by atoms with Gasteiger partial charge in [0.2, 0.25) is 0 Å². The van der Waals surface area contributed by atoms with E-state index in [2.05, 4.69) is 0 Å². The molecule has 0 aliphatic rings. The Morgan fingerprint density at radius 3 is 1.89 bits per heavy atom. The molecular formula is C26H29F6NO4. The zero-order valence-corrected chi connectivity index (χ0v) is 21.0. The van der Waals surface area contributed by atoms with E-state index in [1.807, 2.05) is 6.92 Å². The third-order valence-corrected chi connectivity index (χ3v) is 6.31. The van der Waals surface area contributed by atoms with Gasteiger partial charge >= 0.3 is 12.4 Å². The minimum absolute atomic E-state index is 0.0177. The van der Waals surface area contributed by atoms with Crippen molar-refractivity contribution in [1.82, 2.24) is 4.57 Å². The SMILES string of the molecule is CCCCOC(c1cc2c3ccccc3c(=O)n(CCCC)c2c(OC)c1OC)(C(F)(F)F)C(F)(F)F. The van der Waals surface area contributed by atoms with Gasteiger partial charge in [-0.2, -0.15) is 26.3 Å². The Hall–Kier alpha value is -2.95. The number of pyridine rings is 1. The molecule has 3 rings (SSSR count). The van der Waals surface area contributed by atoms with Crippen LogP contribution in [0.3, 0.4) is 0 Å². The van der Waals surface area contributed by atoms with E-state index in [1.54, 1.807) is 19.1 Å². The maximum absolute atomic E-state index is 14.6. The van der Waals surface area contributed by atoms with Crippen molar-refractivity contribution in [1.29, 1.82) is 0 Å². The average Bonchev–Trinajstić information content (AvgIpc) is 2.84. The van der Waals surface area contributed by atoms with Gasteiger partial charge in [-0.1, -0.05) is 44.9 Å². The van der Waals surface area contributed by atoms with Crippen LogP contribution in [0.25, 0.3) is 21.7 Å². The lowest BCUT2D eigenvalue weighted by Gasteiger charge is -2.38. The van der Waals surface area contributed by atoms with Gasteiger partial charge in [0.05, 0.1) is 19.7 Å². The zero-order valence-electron chi connectivity index (χ0n) is 21.0. The predicted octanol–water partition coefficient (Wildman–Crippen LogP) is 7.11. The first-order chi connectivity index (χ1) is 17.4. The van der Waals surface area contributed by atoms with Crippen LogP contribution in [0.15, 0.2) is 35.1 Å². The van der Waals surface area contributed by atoms with Crippen molar-refractivity contribution in [2.45, 2.75) is 64.0 Å². The van der Waals surface area contributed by atoms with E-state index in [1.165, 1.54) is 16.7 Å². The molecule has 0 atom stereocenters. The van der Waals surface area contributed by atoms with E-state index in [9.17, 15) is 31.1 Å². The highest BCUT2D eigenvalue weighted by atomic mass is 19.4. The molecule has 5 nitrogen and oxygen atoms in total. The molecule has 11 heteroatoms. The minimum Gasteiger partial charge on any atom is -0.492 e. The molecule has 1 heterocycles. The van der Waals surface area contributed by atoms with Crippen LogP contribution in [-0.2, 0) is 16.9 Å². The molecule has 0 aliphatic carbocycles. The Morgan fingerprint density at radius 2 is 1.38 bits per heavy atom. The predicted molar refractivity (Wildman–Crippen MR) is 128 cm³/mol. The van der Waals surface area contributed by atoms with Crippen molar-refractivity contribution < 1.29 is 40.6 Å². The van der Waals surface area contributed by atoms with Gasteiger partial charge in [0.1, 0.15) is 0 Å². The summed E-state index contributed by atoms with van der Waals surface area (Å²) in [5, 5.41) is 0.320. The number of halogens is 6. The van der Waals surface area contributed by atoms with E-state index < -0.39 is 47.2 Å². The van der Waals surface area contributed by atoms with Gasteiger partial charge in [-0.3, -0.25) is 4.79 Å². The molecular weight excluding hydrogens is 504 g/mol. The molecule has 1 aromatic heterocycles. The maximum atomic E-state index is 14.6. The number of aromatic nitrogens is 1. The number of ether oxygens (including phenoxy) is 3. The summed E-state index contributed by atoms with van der Waals surface area (Å²) in [6.07, 6.45) is -10.3. The van der Waals surface area contributed by atoms with Crippen LogP contribution in [0.4, 0.5) is 26.3 Å². The zero-order chi connectivity index (χ0) is 27.6. The summed E-state index contributed by atoms with van der Waals surface area (Å²) < 4.78 is 104. The van der Waals surface area contributed by atoms with Crippen LogP contribution in [-0.4, -0.2) is 37.7 Å². The second-order valence-corrected chi connectivity index (χ2v) is 8.62. The number of rotatable bonds is 10. The van der Waals surface area contributed by atoms with E-state index >= 15 is 0 Å². The molecule has 204 valence electrons. The first kappa shape index (κ1) is 28.6. The highest BCUT2D eigenvalue weighted by molar-refractivity contribution is 6.08. The molecule has 0 saturated heterocycles. The Balaban J connectivity index is 2.63. The van der Waals surface area contributed by atoms with Crippen molar-refractivity contribution in [2.75, 3.05) is 20.8 Å². The van der Waals surface area contributed by atoms with Crippen LogP contribution in [0.5, 0.6) is 11.5 Å². The van der Waals surface area contributed by atoms with Gasteiger partial charge in [0, 0.05) is 29.5 Å². The Morgan fingerprint density at radius 1 is 0.811 bits per heavy atom. The van der Waals surface area contributed by atoms with Crippen LogP contribution < -0.4 is 15.0 Å². The largest absolute Gasteiger partial charge is 0.492 e. The minimum atomic E-state index is -5.91. The van der Waals surface area contributed by atoms with E-state index in [0.29, 0.717) is 19.3 Å². The van der Waals surface area contributed by atoms with E-state index in [4.69, 9.17) is 14.2 Å². The van der Waals surface area contributed by atoms with Crippen LogP contribution in [0, 0.1) is 0 Å². The fourth-order valence-corrected chi connectivity index (χ4v) is 4.52. The number of benzene rings is 2. The van der Waals surface area contributed by atoms with Gasteiger partial charge in [-0.05, 0) is 30.4 Å². The average molecular weight is 534 g/mol. The molecule has 3 aromatic rings. The summed E-state index contributed by atoms with van der Waals surface area (Å²) in [5.74, 6) is -1.22. The second kappa shape index (κ2) is 10.8. The number of methoxy groups -OCH3 is 2. The maximum Gasteiger partial charge on any atom is 0.431 e. The van der Waals surface area contributed by atoms with Crippen molar-refractivity contribution in [2.24, 2.45) is 0 Å². The van der Waals surface area contributed by atoms with Crippen LogP contribution >= 0.6 is 0 Å². The molecule has 0 fully saturated rings. The highest BCUT2D eigenvalue weighted by Crippen LogP contribution is 2.58. The van der Waals surface area contributed by atoms with Gasteiger partial charge in [-0.15, -0.1) is 0 Å². The molecule has 0 amide bonds. The first-order valence-electron chi connectivity index (χ1n) is 11.9. The highest BCUT2D eigenvalue weighted by Gasteiger charge is 2.74. The number of unbranched alkanes of at least 4 members (excludes halogenated alkanes) is 2. The van der Waals surface area contributed by atoms with Crippen molar-refractivity contribution in [3.8, 4) is 11.5 Å². The third kappa shape index (κ3) is 4.73. The van der Waals surface area contributed by atoms with Gasteiger partial charge in [-0.25, -0.2) is 0 Å². The number of alkyl halides is 6. The first-order valence-corrected chi connectivity index (χ1v) is 11.9. The summed E-state index contributed by atoms with van der Waals surface area (Å²) in [4.78, 5) is 13.4. The molecule has 0 spiro atoms. The number of nitrogens with zero attached hydrogens (tertiary/aromatic N) is 1. The second-order valence-electron chi connectivity index (χ2n) is 8.62. The molecule has 37 heavy (non-hydrogen) atoms. The molecule has 0 N–H and O–H groups in total. The lowest BCUT2D eigenvalue weighted by Crippen LogP contribution is -2.56. The fourth-order valence-electron chi connectivity index (χ4n) is 4.52. The van der Waals surface area contributed by atoms with Crippen molar-refractivity contribution in [3.63, 3.8) is 0 Å². The standard InChI is InChI=1S/C26H29F6NO4/c1-5-7-13-33-20-18(16-11-9-10-12-17(16)23(33)34)15-19(21(35-3)22(20)36-4)24(25(27,28)29,26(30,31)32)37-14-8-6-2/h9-12,15H,5-8,13-14H2,1-4H3. The number of hydrogen-bond acceptors (Lipinski definition) is 4. The van der Waals surface area contributed by atoms with Gasteiger partial charge < -0.3 is 18.8 Å². The topological polar surface area (TPSA) is 49.7 Å². The lowest BCUT2D eigenvalue weighted by molar-refractivity contribution is -0.389. The van der Waals surface area contributed by atoms with Crippen molar-refractivity contribution in [3.05, 3.63) is 46.2 Å². The molecule has 0 unspecified atom stereocenters. The normalized spacial score (nSPS) is 12.9. The number of hydrogen-bond donors (Lipinski definition) is 0. The Kier molecular flexibility index (Phi) is 8.36. The number of aryl methyl sites for hydroxylation is 1. The van der Waals surface area contributed by atoms with Crippen LogP contribution in [0.1, 0.15) is 45.1 Å². The van der Waals surface area contributed by atoms with E-state index in [0.717, 1.165) is 20.3 Å². The smallest absolute Gasteiger partial charge is 0.431 e. The summed E-state index contributed by atoms with van der Waals surface area (Å²) in [6.45, 7) is 2.88. The number of fused-ring (bicyclic) bond motifs is 3. The van der Waals surface area contributed by atoms with Gasteiger partial charge in [0.25, 0.3) is 11.2 Å². The molecule has 0 aliphatic heterocycles. The molecule has 2 aromatic carbocycles. The summed E-state index contributed by atoms with van der Waals surface area (Å²) in [6, 6.07) is 6.85.